The van der Waals surface area contributed by atoms with E-state index in [0.717, 1.165) is 55.3 Å². The van der Waals surface area contributed by atoms with Gasteiger partial charge in [0.05, 0.1) is 11.4 Å². The third-order valence-electron chi connectivity index (χ3n) is 5.69. The summed E-state index contributed by atoms with van der Waals surface area (Å²) in [5.74, 6) is -0.0590. The van der Waals surface area contributed by atoms with Crippen LogP contribution in [0.4, 0.5) is 0 Å². The van der Waals surface area contributed by atoms with Gasteiger partial charge in [0.2, 0.25) is 5.91 Å². The van der Waals surface area contributed by atoms with E-state index in [1.807, 2.05) is 46.6 Å². The second-order valence-electron chi connectivity index (χ2n) is 8.22. The smallest absolute Gasteiger partial charge is 0.244 e. The lowest BCUT2D eigenvalue weighted by molar-refractivity contribution is -0.116. The number of nitrogens with one attached hydrogen (secondary N) is 1. The summed E-state index contributed by atoms with van der Waals surface area (Å²) in [4.78, 5) is 18.3. The molecule has 1 saturated heterocycles. The highest BCUT2D eigenvalue weighted by molar-refractivity contribution is 7.13. The second-order valence-corrected chi connectivity index (χ2v) is 9.16. The first-order valence-corrected chi connectivity index (χ1v) is 12.1. The highest BCUT2D eigenvalue weighted by Crippen LogP contribution is 2.27. The molecule has 0 bridgehead atoms. The third-order valence-corrected chi connectivity index (χ3v) is 6.57. The van der Waals surface area contributed by atoms with Crippen molar-refractivity contribution < 1.29 is 4.79 Å². The Morgan fingerprint density at radius 2 is 1.94 bits per heavy atom. The Labute approximate surface area is 194 Å². The van der Waals surface area contributed by atoms with Crippen LogP contribution in [0.25, 0.3) is 16.6 Å². The molecule has 1 N–H and O–H groups in total. The van der Waals surface area contributed by atoms with E-state index in [1.165, 1.54) is 5.56 Å². The van der Waals surface area contributed by atoms with Gasteiger partial charge in [-0.1, -0.05) is 36.4 Å². The minimum atomic E-state index is -0.0590. The van der Waals surface area contributed by atoms with Gasteiger partial charge in [-0.2, -0.15) is 5.10 Å². The highest BCUT2D eigenvalue weighted by atomic mass is 32.1. The van der Waals surface area contributed by atoms with Gasteiger partial charge in [-0.25, -0.2) is 0 Å². The molecule has 1 fully saturated rings. The van der Waals surface area contributed by atoms with Crippen molar-refractivity contribution in [2.45, 2.75) is 13.0 Å². The molecule has 0 spiro atoms. The molecular weight excluding hydrogens is 418 g/mol. The van der Waals surface area contributed by atoms with Crippen LogP contribution < -0.4 is 5.32 Å². The Morgan fingerprint density at radius 1 is 1.12 bits per heavy atom. The van der Waals surface area contributed by atoms with E-state index >= 15 is 0 Å². The van der Waals surface area contributed by atoms with Crippen LogP contribution in [0.15, 0.2) is 60.1 Å². The van der Waals surface area contributed by atoms with Gasteiger partial charge in [0, 0.05) is 50.6 Å². The molecule has 7 heteroatoms. The Kier molecular flexibility index (Phi) is 7.87. The van der Waals surface area contributed by atoms with Crippen molar-refractivity contribution in [1.29, 1.82) is 0 Å². The molecule has 32 heavy (non-hydrogen) atoms. The number of amides is 1. The zero-order valence-corrected chi connectivity index (χ0v) is 19.4. The first-order chi connectivity index (χ1) is 15.7. The summed E-state index contributed by atoms with van der Waals surface area (Å²) in [6.07, 6.45) is 6.48. The number of rotatable bonds is 9. The maximum atomic E-state index is 12.4. The fourth-order valence-electron chi connectivity index (χ4n) is 3.83. The van der Waals surface area contributed by atoms with Crippen molar-refractivity contribution >= 4 is 23.3 Å². The molecule has 1 amide bonds. The van der Waals surface area contributed by atoms with Crippen molar-refractivity contribution in [2.24, 2.45) is 0 Å². The molecule has 1 aliphatic rings. The summed E-state index contributed by atoms with van der Waals surface area (Å²) in [7, 11) is 2.17. The predicted molar refractivity (Wildman–Crippen MR) is 132 cm³/mol. The molecule has 3 aromatic rings. The van der Waals surface area contributed by atoms with Gasteiger partial charge in [-0.15, -0.1) is 11.3 Å². The molecule has 2 aromatic heterocycles. The van der Waals surface area contributed by atoms with E-state index < -0.39 is 0 Å². The van der Waals surface area contributed by atoms with Crippen molar-refractivity contribution in [1.82, 2.24) is 24.9 Å². The molecule has 4 rings (SSSR count). The normalized spacial score (nSPS) is 15.4. The first-order valence-electron chi connectivity index (χ1n) is 11.2. The third kappa shape index (κ3) is 6.38. The average molecular weight is 450 g/mol. The van der Waals surface area contributed by atoms with E-state index in [4.69, 9.17) is 5.10 Å². The Morgan fingerprint density at radius 3 is 2.69 bits per heavy atom. The van der Waals surface area contributed by atoms with Crippen LogP contribution >= 0.6 is 11.3 Å². The number of aromatic nitrogens is 2. The number of carbonyl (C=O) groups is 1. The summed E-state index contributed by atoms with van der Waals surface area (Å²) < 4.78 is 1.94. The summed E-state index contributed by atoms with van der Waals surface area (Å²) >= 11 is 1.66. The standard InChI is InChI=1S/C25H31N5OS/c1-28-14-16-29(17-15-28)13-6-12-26-24(31)11-10-22-20-30(19-21-7-3-2-4-8-21)27-25(22)23-9-5-18-32-23/h2-5,7-11,18,20H,6,12-17,19H2,1H3,(H,26,31). The minimum absolute atomic E-state index is 0.0590. The van der Waals surface area contributed by atoms with E-state index in [0.29, 0.717) is 13.1 Å². The lowest BCUT2D eigenvalue weighted by Gasteiger charge is -2.32. The summed E-state index contributed by atoms with van der Waals surface area (Å²) in [5, 5.41) is 9.86. The number of carbonyl (C=O) groups excluding carboxylic acids is 1. The molecular formula is C25H31N5OS. The highest BCUT2D eigenvalue weighted by Gasteiger charge is 2.13. The van der Waals surface area contributed by atoms with E-state index in [1.54, 1.807) is 17.4 Å². The number of nitrogens with zero attached hydrogens (tertiary/aromatic N) is 4. The molecule has 0 aliphatic carbocycles. The zero-order valence-electron chi connectivity index (χ0n) is 18.6. The fourth-order valence-corrected chi connectivity index (χ4v) is 4.56. The number of hydrogen-bond acceptors (Lipinski definition) is 5. The van der Waals surface area contributed by atoms with E-state index in [9.17, 15) is 4.79 Å². The SMILES string of the molecule is CN1CCN(CCCNC(=O)C=Cc2cn(Cc3ccccc3)nc2-c2cccs2)CC1. The van der Waals surface area contributed by atoms with Crippen molar-refractivity contribution in [3.05, 3.63) is 71.2 Å². The van der Waals surface area contributed by atoms with Gasteiger partial charge >= 0.3 is 0 Å². The molecule has 0 radical (unpaired) electrons. The lowest BCUT2D eigenvalue weighted by Crippen LogP contribution is -2.45. The van der Waals surface area contributed by atoms with E-state index in [-0.39, 0.29) is 5.91 Å². The minimum Gasteiger partial charge on any atom is -0.353 e. The summed E-state index contributed by atoms with van der Waals surface area (Å²) in [6, 6.07) is 14.4. The predicted octanol–water partition coefficient (Wildman–Crippen LogP) is 3.43. The number of piperazine rings is 1. The maximum Gasteiger partial charge on any atom is 0.244 e. The van der Waals surface area contributed by atoms with Crippen LogP contribution in [0.2, 0.25) is 0 Å². The van der Waals surface area contributed by atoms with Gasteiger partial charge in [-0.05, 0) is 43.1 Å². The van der Waals surface area contributed by atoms with Crippen LogP contribution in [0.1, 0.15) is 17.5 Å². The number of benzene rings is 1. The fraction of sp³-hybridized carbons (Fsp3) is 0.360. The van der Waals surface area contributed by atoms with Crippen LogP contribution in [0, 0.1) is 0 Å². The van der Waals surface area contributed by atoms with E-state index in [2.05, 4.69) is 40.4 Å². The second kappa shape index (κ2) is 11.2. The van der Waals surface area contributed by atoms with Crippen LogP contribution in [0.3, 0.4) is 0 Å². The molecule has 0 unspecified atom stereocenters. The van der Waals surface area contributed by atoms with Crippen LogP contribution in [-0.2, 0) is 11.3 Å². The summed E-state index contributed by atoms with van der Waals surface area (Å²) in [5.41, 5.74) is 3.06. The van der Waals surface area contributed by atoms with Crippen LogP contribution in [0.5, 0.6) is 0 Å². The largest absolute Gasteiger partial charge is 0.353 e. The molecule has 6 nitrogen and oxygen atoms in total. The Hall–Kier alpha value is -2.74. The summed E-state index contributed by atoms with van der Waals surface area (Å²) in [6.45, 7) is 6.91. The van der Waals surface area contributed by atoms with Gasteiger partial charge in [-0.3, -0.25) is 9.48 Å². The van der Waals surface area contributed by atoms with Gasteiger partial charge in [0.1, 0.15) is 5.69 Å². The quantitative estimate of drug-likeness (QED) is 0.402. The molecule has 1 aromatic carbocycles. The number of hydrogen-bond donors (Lipinski definition) is 1. The Balaban J connectivity index is 1.33. The molecule has 3 heterocycles. The lowest BCUT2D eigenvalue weighted by atomic mass is 10.2. The van der Waals surface area contributed by atoms with Crippen molar-refractivity contribution in [2.75, 3.05) is 46.3 Å². The van der Waals surface area contributed by atoms with Gasteiger partial charge in [0.25, 0.3) is 0 Å². The van der Waals surface area contributed by atoms with Crippen LogP contribution in [-0.4, -0.2) is 71.8 Å². The molecule has 0 saturated carbocycles. The molecule has 0 atom stereocenters. The van der Waals surface area contributed by atoms with Crippen molar-refractivity contribution in [3.63, 3.8) is 0 Å². The molecule has 1 aliphatic heterocycles. The van der Waals surface area contributed by atoms with Gasteiger partial charge < -0.3 is 15.1 Å². The molecule has 168 valence electrons. The average Bonchev–Trinajstić information content (AvgIpc) is 3.47. The zero-order chi connectivity index (χ0) is 22.2. The first kappa shape index (κ1) is 22.5. The topological polar surface area (TPSA) is 53.4 Å². The number of thiophene rings is 1. The van der Waals surface area contributed by atoms with Gasteiger partial charge in [0.15, 0.2) is 0 Å². The monoisotopic (exact) mass is 449 g/mol. The maximum absolute atomic E-state index is 12.4. The Bertz CT molecular complexity index is 1000. The van der Waals surface area contributed by atoms with Crippen molar-refractivity contribution in [3.8, 4) is 10.6 Å². The number of likely N-dealkylation sites (N-methyl/N-ethyl adjacent to an activating group) is 1.